The highest BCUT2D eigenvalue weighted by atomic mass is 16.5. The lowest BCUT2D eigenvalue weighted by Crippen LogP contribution is -2.26. The molecule has 0 aromatic carbocycles. The maximum Gasteiger partial charge on any atom is 0.308 e. The summed E-state index contributed by atoms with van der Waals surface area (Å²) in [4.78, 5) is 20.9. The van der Waals surface area contributed by atoms with Crippen molar-refractivity contribution in [1.82, 2.24) is 14.5 Å². The van der Waals surface area contributed by atoms with Crippen LogP contribution in [0.1, 0.15) is 51.0 Å². The Bertz CT molecular complexity index is 687. The van der Waals surface area contributed by atoms with Crippen LogP contribution >= 0.6 is 0 Å². The van der Waals surface area contributed by atoms with Crippen molar-refractivity contribution in [3.05, 3.63) is 24.2 Å². The number of esters is 1. The van der Waals surface area contributed by atoms with E-state index >= 15 is 0 Å². The van der Waals surface area contributed by atoms with Crippen LogP contribution in [0.3, 0.4) is 0 Å². The lowest BCUT2D eigenvalue weighted by atomic mass is 9.74. The fraction of sp³-hybridized carbons (Fsp3) is 0.611. The molecule has 0 radical (unpaired) electrons. The molecular formula is C18H25N3O2. The monoisotopic (exact) mass is 315 g/mol. The third-order valence-electron chi connectivity index (χ3n) is 5.21. The van der Waals surface area contributed by atoms with Gasteiger partial charge in [0, 0.05) is 13.2 Å². The van der Waals surface area contributed by atoms with E-state index in [9.17, 15) is 4.79 Å². The molecule has 0 aliphatic heterocycles. The average molecular weight is 315 g/mol. The second-order valence-corrected chi connectivity index (χ2v) is 6.58. The van der Waals surface area contributed by atoms with Crippen molar-refractivity contribution < 1.29 is 9.53 Å². The molecular weight excluding hydrogens is 290 g/mol. The number of nitrogens with zero attached hydrogens (tertiary/aromatic N) is 3. The zero-order chi connectivity index (χ0) is 16.4. The molecule has 1 fully saturated rings. The quantitative estimate of drug-likeness (QED) is 0.811. The minimum atomic E-state index is -0.0491. The third-order valence-corrected chi connectivity index (χ3v) is 5.21. The van der Waals surface area contributed by atoms with Crippen LogP contribution in [0.5, 0.6) is 0 Å². The van der Waals surface area contributed by atoms with Gasteiger partial charge in [-0.05, 0) is 56.1 Å². The van der Waals surface area contributed by atoms with Crippen LogP contribution in [0, 0.1) is 11.8 Å². The molecule has 5 heteroatoms. The largest absolute Gasteiger partial charge is 0.466 e. The van der Waals surface area contributed by atoms with E-state index in [1.165, 1.54) is 5.56 Å². The van der Waals surface area contributed by atoms with Crippen molar-refractivity contribution in [2.24, 2.45) is 18.9 Å². The van der Waals surface area contributed by atoms with Gasteiger partial charge >= 0.3 is 5.97 Å². The summed E-state index contributed by atoms with van der Waals surface area (Å²) >= 11 is 0. The molecule has 1 unspecified atom stereocenters. The molecule has 0 amide bonds. The Morgan fingerprint density at radius 3 is 2.78 bits per heavy atom. The summed E-state index contributed by atoms with van der Waals surface area (Å²) < 4.78 is 7.13. The second-order valence-electron chi connectivity index (χ2n) is 6.58. The molecule has 1 atom stereocenters. The highest BCUT2D eigenvalue weighted by Gasteiger charge is 2.31. The Balaban J connectivity index is 1.70. The van der Waals surface area contributed by atoms with Gasteiger partial charge in [-0.1, -0.05) is 6.92 Å². The first-order valence-electron chi connectivity index (χ1n) is 8.54. The SMILES string of the molecule is CCOC(=O)C(C)C1CCC(c2ccnc3c2ncn3C)CC1. The van der Waals surface area contributed by atoms with E-state index < -0.39 is 0 Å². The molecule has 0 saturated heterocycles. The van der Waals surface area contributed by atoms with Gasteiger partial charge in [0.1, 0.15) is 5.52 Å². The van der Waals surface area contributed by atoms with Crippen LogP contribution in [0.25, 0.3) is 11.2 Å². The lowest BCUT2D eigenvalue weighted by Gasteiger charge is -2.31. The molecule has 0 bridgehead atoms. The van der Waals surface area contributed by atoms with Gasteiger partial charge in [0.2, 0.25) is 0 Å². The number of carbonyl (C=O) groups excluding carboxylic acids is 1. The molecule has 2 aromatic heterocycles. The Kier molecular flexibility index (Phi) is 4.64. The normalized spacial score (nSPS) is 22.9. The topological polar surface area (TPSA) is 57.0 Å². The Labute approximate surface area is 137 Å². The highest BCUT2D eigenvalue weighted by molar-refractivity contribution is 5.75. The number of imidazole rings is 1. The predicted molar refractivity (Wildman–Crippen MR) is 89.0 cm³/mol. The van der Waals surface area contributed by atoms with E-state index in [1.54, 1.807) is 0 Å². The third kappa shape index (κ3) is 3.09. The number of pyridine rings is 1. The van der Waals surface area contributed by atoms with Gasteiger partial charge in [-0.15, -0.1) is 0 Å². The van der Waals surface area contributed by atoms with Crippen molar-refractivity contribution in [2.75, 3.05) is 6.61 Å². The van der Waals surface area contributed by atoms with E-state index in [0.717, 1.165) is 36.8 Å². The van der Waals surface area contributed by atoms with Gasteiger partial charge in [-0.2, -0.15) is 0 Å². The number of carbonyl (C=O) groups is 1. The van der Waals surface area contributed by atoms with Crippen LogP contribution in [-0.4, -0.2) is 27.1 Å². The Morgan fingerprint density at radius 2 is 2.09 bits per heavy atom. The van der Waals surface area contributed by atoms with Crippen molar-refractivity contribution in [3.8, 4) is 0 Å². The van der Waals surface area contributed by atoms with Crippen molar-refractivity contribution in [3.63, 3.8) is 0 Å². The Hall–Kier alpha value is -1.91. The van der Waals surface area contributed by atoms with E-state index in [2.05, 4.69) is 16.0 Å². The van der Waals surface area contributed by atoms with Gasteiger partial charge in [-0.3, -0.25) is 4.79 Å². The maximum absolute atomic E-state index is 11.9. The molecule has 0 N–H and O–H groups in total. The first-order chi connectivity index (χ1) is 11.1. The molecule has 0 spiro atoms. The fourth-order valence-electron chi connectivity index (χ4n) is 3.77. The van der Waals surface area contributed by atoms with Gasteiger partial charge in [0.15, 0.2) is 5.65 Å². The molecule has 124 valence electrons. The number of hydrogen-bond acceptors (Lipinski definition) is 4. The summed E-state index contributed by atoms with van der Waals surface area (Å²) in [7, 11) is 1.98. The molecule has 1 aliphatic carbocycles. The van der Waals surface area contributed by atoms with E-state index in [1.807, 2.05) is 38.0 Å². The number of aryl methyl sites for hydroxylation is 1. The molecule has 2 aromatic rings. The number of ether oxygens (including phenoxy) is 1. The van der Waals surface area contributed by atoms with Crippen LogP contribution < -0.4 is 0 Å². The number of rotatable bonds is 4. The van der Waals surface area contributed by atoms with Crippen LogP contribution in [0.4, 0.5) is 0 Å². The van der Waals surface area contributed by atoms with Crippen LogP contribution in [0.2, 0.25) is 0 Å². The summed E-state index contributed by atoms with van der Waals surface area (Å²) in [5, 5.41) is 0. The van der Waals surface area contributed by atoms with Gasteiger partial charge in [-0.25, -0.2) is 9.97 Å². The number of hydrogen-bond donors (Lipinski definition) is 0. The maximum atomic E-state index is 11.9. The number of fused-ring (bicyclic) bond motifs is 1. The summed E-state index contributed by atoms with van der Waals surface area (Å²) in [6, 6.07) is 2.11. The second kappa shape index (κ2) is 6.69. The molecule has 1 saturated carbocycles. The van der Waals surface area contributed by atoms with Crippen LogP contribution in [-0.2, 0) is 16.6 Å². The summed E-state index contributed by atoms with van der Waals surface area (Å²) in [5.41, 5.74) is 3.28. The number of aromatic nitrogens is 3. The molecule has 23 heavy (non-hydrogen) atoms. The summed E-state index contributed by atoms with van der Waals surface area (Å²) in [5.74, 6) is 0.905. The highest BCUT2D eigenvalue weighted by Crippen LogP contribution is 2.40. The summed E-state index contributed by atoms with van der Waals surface area (Å²) in [6.45, 7) is 4.34. The lowest BCUT2D eigenvalue weighted by molar-refractivity contribution is -0.149. The Morgan fingerprint density at radius 1 is 1.35 bits per heavy atom. The van der Waals surface area contributed by atoms with Gasteiger partial charge < -0.3 is 9.30 Å². The first-order valence-corrected chi connectivity index (χ1v) is 8.54. The smallest absolute Gasteiger partial charge is 0.308 e. The minimum Gasteiger partial charge on any atom is -0.466 e. The summed E-state index contributed by atoms with van der Waals surface area (Å²) in [6.07, 6.45) is 8.05. The first kappa shape index (κ1) is 16.0. The molecule has 2 heterocycles. The van der Waals surface area contributed by atoms with Crippen molar-refractivity contribution in [1.29, 1.82) is 0 Å². The molecule has 5 nitrogen and oxygen atoms in total. The zero-order valence-corrected chi connectivity index (χ0v) is 14.2. The molecule has 3 rings (SSSR count). The van der Waals surface area contributed by atoms with Crippen LogP contribution in [0.15, 0.2) is 18.6 Å². The van der Waals surface area contributed by atoms with Gasteiger partial charge in [0.05, 0.1) is 18.9 Å². The average Bonchev–Trinajstić information content (AvgIpc) is 2.96. The predicted octanol–water partition coefficient (Wildman–Crippen LogP) is 3.44. The van der Waals surface area contributed by atoms with Gasteiger partial charge in [0.25, 0.3) is 0 Å². The standard InChI is InChI=1S/C18H25N3O2/c1-4-23-18(22)12(2)13-5-7-14(8-6-13)15-9-10-19-17-16(15)20-11-21(17)3/h9-14H,4-8H2,1-3H3. The minimum absolute atomic E-state index is 0.00297. The van der Waals surface area contributed by atoms with E-state index in [-0.39, 0.29) is 11.9 Å². The van der Waals surface area contributed by atoms with E-state index in [4.69, 9.17) is 4.74 Å². The van der Waals surface area contributed by atoms with E-state index in [0.29, 0.717) is 18.4 Å². The molecule has 1 aliphatic rings. The van der Waals surface area contributed by atoms with Crippen molar-refractivity contribution in [2.45, 2.75) is 45.4 Å². The van der Waals surface area contributed by atoms with Crippen molar-refractivity contribution >= 4 is 17.1 Å². The zero-order valence-electron chi connectivity index (χ0n) is 14.2. The fourth-order valence-corrected chi connectivity index (χ4v) is 3.77.